The second kappa shape index (κ2) is 9.98. The SMILES string of the molecule is CCNC(=NCCNC(=O)C(C)C)N1CCSC(C(C)C)C1. The molecular weight excluding hydrogens is 296 g/mol. The van der Waals surface area contributed by atoms with Crippen LogP contribution in [-0.4, -0.2) is 60.5 Å². The van der Waals surface area contributed by atoms with Crippen LogP contribution in [0.1, 0.15) is 34.6 Å². The zero-order valence-electron chi connectivity index (χ0n) is 14.7. The van der Waals surface area contributed by atoms with Gasteiger partial charge in [-0.25, -0.2) is 0 Å². The standard InChI is InChI=1S/C16H32N4OS/c1-6-17-16(19-8-7-18-15(21)13(4)5)20-9-10-22-14(11-20)12(2)3/h12-14H,6-11H2,1-5H3,(H,17,19)(H,18,21). The van der Waals surface area contributed by atoms with Gasteiger partial charge in [-0.2, -0.15) is 11.8 Å². The molecule has 22 heavy (non-hydrogen) atoms. The molecule has 0 radical (unpaired) electrons. The quantitative estimate of drug-likeness (QED) is 0.443. The maximum absolute atomic E-state index is 11.5. The number of nitrogens with one attached hydrogen (secondary N) is 2. The zero-order chi connectivity index (χ0) is 16.5. The molecule has 1 aliphatic heterocycles. The number of hydrogen-bond donors (Lipinski definition) is 2. The van der Waals surface area contributed by atoms with E-state index in [1.807, 2.05) is 13.8 Å². The average Bonchev–Trinajstić information content (AvgIpc) is 2.50. The summed E-state index contributed by atoms with van der Waals surface area (Å²) in [6.45, 7) is 14.6. The summed E-state index contributed by atoms with van der Waals surface area (Å²) in [4.78, 5) is 18.6. The van der Waals surface area contributed by atoms with Crippen molar-refractivity contribution in [2.45, 2.75) is 39.9 Å². The van der Waals surface area contributed by atoms with Crippen molar-refractivity contribution in [1.82, 2.24) is 15.5 Å². The third kappa shape index (κ3) is 6.46. The van der Waals surface area contributed by atoms with E-state index < -0.39 is 0 Å². The second-order valence-corrected chi connectivity index (χ2v) is 7.63. The van der Waals surface area contributed by atoms with Crippen LogP contribution in [0, 0.1) is 11.8 Å². The summed E-state index contributed by atoms with van der Waals surface area (Å²) >= 11 is 2.06. The third-order valence-electron chi connectivity index (χ3n) is 3.67. The molecule has 1 fully saturated rings. The lowest BCUT2D eigenvalue weighted by Crippen LogP contribution is -2.49. The Labute approximate surface area is 139 Å². The van der Waals surface area contributed by atoms with Crippen LogP contribution in [0.3, 0.4) is 0 Å². The molecule has 0 aromatic heterocycles. The van der Waals surface area contributed by atoms with Crippen molar-refractivity contribution in [2.24, 2.45) is 16.8 Å². The highest BCUT2D eigenvalue weighted by atomic mass is 32.2. The Morgan fingerprint density at radius 1 is 1.32 bits per heavy atom. The van der Waals surface area contributed by atoms with Gasteiger partial charge in [0.2, 0.25) is 5.91 Å². The monoisotopic (exact) mass is 328 g/mol. The van der Waals surface area contributed by atoms with Crippen molar-refractivity contribution in [3.05, 3.63) is 0 Å². The molecule has 1 atom stereocenters. The van der Waals surface area contributed by atoms with Gasteiger partial charge in [0, 0.05) is 43.1 Å². The van der Waals surface area contributed by atoms with Gasteiger partial charge in [0.05, 0.1) is 6.54 Å². The maximum Gasteiger partial charge on any atom is 0.222 e. The van der Waals surface area contributed by atoms with Gasteiger partial charge in [-0.15, -0.1) is 0 Å². The minimum atomic E-state index is 0.0307. The molecule has 0 saturated carbocycles. The van der Waals surface area contributed by atoms with Gasteiger partial charge in [0.25, 0.3) is 0 Å². The smallest absolute Gasteiger partial charge is 0.222 e. The van der Waals surface area contributed by atoms with E-state index in [4.69, 9.17) is 0 Å². The van der Waals surface area contributed by atoms with Gasteiger partial charge in [-0.05, 0) is 12.8 Å². The fourth-order valence-electron chi connectivity index (χ4n) is 2.24. The first kappa shape index (κ1) is 19.1. The predicted molar refractivity (Wildman–Crippen MR) is 96.5 cm³/mol. The number of carbonyl (C=O) groups excluding carboxylic acids is 1. The Bertz CT molecular complexity index is 371. The highest BCUT2D eigenvalue weighted by Gasteiger charge is 2.24. The molecule has 0 aromatic rings. The Hall–Kier alpha value is -0.910. The summed E-state index contributed by atoms with van der Waals surface area (Å²) in [6, 6.07) is 0. The molecule has 0 spiro atoms. The highest BCUT2D eigenvalue weighted by Crippen LogP contribution is 2.24. The minimum absolute atomic E-state index is 0.0307. The minimum Gasteiger partial charge on any atom is -0.357 e. The van der Waals surface area contributed by atoms with Crippen LogP contribution in [0.25, 0.3) is 0 Å². The van der Waals surface area contributed by atoms with Crippen molar-refractivity contribution in [3.8, 4) is 0 Å². The number of nitrogens with zero attached hydrogens (tertiary/aromatic N) is 2. The summed E-state index contributed by atoms with van der Waals surface area (Å²) < 4.78 is 0. The number of hydrogen-bond acceptors (Lipinski definition) is 3. The second-order valence-electron chi connectivity index (χ2n) is 6.28. The molecule has 1 unspecified atom stereocenters. The topological polar surface area (TPSA) is 56.7 Å². The van der Waals surface area contributed by atoms with Gasteiger partial charge in [-0.1, -0.05) is 27.7 Å². The van der Waals surface area contributed by atoms with Gasteiger partial charge in [0.1, 0.15) is 0 Å². The lowest BCUT2D eigenvalue weighted by Gasteiger charge is -2.36. The van der Waals surface area contributed by atoms with Crippen LogP contribution in [0.15, 0.2) is 4.99 Å². The van der Waals surface area contributed by atoms with Gasteiger partial charge in [-0.3, -0.25) is 9.79 Å². The van der Waals surface area contributed by atoms with Crippen molar-refractivity contribution in [1.29, 1.82) is 0 Å². The lowest BCUT2D eigenvalue weighted by molar-refractivity contribution is -0.123. The van der Waals surface area contributed by atoms with Crippen molar-refractivity contribution in [2.75, 3.05) is 38.5 Å². The molecule has 1 aliphatic rings. The first-order chi connectivity index (χ1) is 10.5. The highest BCUT2D eigenvalue weighted by molar-refractivity contribution is 8.00. The zero-order valence-corrected chi connectivity index (χ0v) is 15.5. The molecule has 1 rings (SSSR count). The van der Waals surface area contributed by atoms with Gasteiger partial charge >= 0.3 is 0 Å². The van der Waals surface area contributed by atoms with Gasteiger partial charge < -0.3 is 15.5 Å². The van der Waals surface area contributed by atoms with Crippen molar-refractivity contribution < 1.29 is 4.79 Å². The van der Waals surface area contributed by atoms with E-state index in [1.54, 1.807) is 0 Å². The number of rotatable bonds is 6. The third-order valence-corrected chi connectivity index (χ3v) is 5.21. The molecule has 0 bridgehead atoms. The van der Waals surface area contributed by atoms with E-state index in [9.17, 15) is 4.79 Å². The molecule has 1 amide bonds. The van der Waals surface area contributed by atoms with Crippen LogP contribution in [-0.2, 0) is 4.79 Å². The molecule has 0 aliphatic carbocycles. The largest absolute Gasteiger partial charge is 0.357 e. The summed E-state index contributed by atoms with van der Waals surface area (Å²) in [5.74, 6) is 2.93. The molecule has 5 nitrogen and oxygen atoms in total. The van der Waals surface area contributed by atoms with E-state index in [2.05, 4.69) is 53.1 Å². The number of carbonyl (C=O) groups is 1. The maximum atomic E-state index is 11.5. The van der Waals surface area contributed by atoms with Crippen LogP contribution in [0.2, 0.25) is 0 Å². The summed E-state index contributed by atoms with van der Waals surface area (Å²) in [6.07, 6.45) is 0. The Morgan fingerprint density at radius 2 is 2.05 bits per heavy atom. The van der Waals surface area contributed by atoms with E-state index in [-0.39, 0.29) is 11.8 Å². The normalized spacial score (nSPS) is 19.7. The molecule has 128 valence electrons. The van der Waals surface area contributed by atoms with Crippen LogP contribution in [0.4, 0.5) is 0 Å². The molecular formula is C16H32N4OS. The molecule has 1 saturated heterocycles. The first-order valence-electron chi connectivity index (χ1n) is 8.38. The van der Waals surface area contributed by atoms with E-state index >= 15 is 0 Å². The Morgan fingerprint density at radius 3 is 2.64 bits per heavy atom. The lowest BCUT2D eigenvalue weighted by atomic mass is 10.1. The number of aliphatic imine (C=N–C) groups is 1. The van der Waals surface area contributed by atoms with E-state index in [0.29, 0.717) is 24.3 Å². The molecule has 2 N–H and O–H groups in total. The molecule has 1 heterocycles. The Balaban J connectivity index is 2.52. The van der Waals surface area contributed by atoms with Crippen LogP contribution >= 0.6 is 11.8 Å². The number of guanidine groups is 1. The fourth-order valence-corrected chi connectivity index (χ4v) is 3.54. The molecule has 0 aromatic carbocycles. The number of thioether (sulfide) groups is 1. The van der Waals surface area contributed by atoms with Gasteiger partial charge in [0.15, 0.2) is 5.96 Å². The first-order valence-corrected chi connectivity index (χ1v) is 9.43. The number of amides is 1. The summed E-state index contributed by atoms with van der Waals surface area (Å²) in [5, 5.41) is 6.95. The average molecular weight is 329 g/mol. The predicted octanol–water partition coefficient (Wildman–Crippen LogP) is 1.80. The van der Waals surface area contributed by atoms with E-state index in [1.165, 1.54) is 0 Å². The summed E-state index contributed by atoms with van der Waals surface area (Å²) in [7, 11) is 0. The summed E-state index contributed by atoms with van der Waals surface area (Å²) in [5.41, 5.74) is 0. The molecule has 6 heteroatoms. The Kier molecular flexibility index (Phi) is 8.68. The van der Waals surface area contributed by atoms with Crippen LogP contribution < -0.4 is 10.6 Å². The fraction of sp³-hybridized carbons (Fsp3) is 0.875. The van der Waals surface area contributed by atoms with Crippen molar-refractivity contribution in [3.63, 3.8) is 0 Å². The van der Waals surface area contributed by atoms with E-state index in [0.717, 1.165) is 31.3 Å². The van der Waals surface area contributed by atoms with Crippen LogP contribution in [0.5, 0.6) is 0 Å². The van der Waals surface area contributed by atoms with Crippen molar-refractivity contribution >= 4 is 23.6 Å².